The summed E-state index contributed by atoms with van der Waals surface area (Å²) < 4.78 is 5.84. The molecule has 0 saturated carbocycles. The number of amides is 1. The smallest absolute Gasteiger partial charge is 0.338 e. The summed E-state index contributed by atoms with van der Waals surface area (Å²) in [5, 5.41) is 2.63. The number of thioether (sulfide) groups is 2. The van der Waals surface area contributed by atoms with Gasteiger partial charge in [-0.1, -0.05) is 28.1 Å². The van der Waals surface area contributed by atoms with Gasteiger partial charge >= 0.3 is 5.97 Å². The highest BCUT2D eigenvalue weighted by Gasteiger charge is 2.18. The van der Waals surface area contributed by atoms with Crippen LogP contribution in [-0.4, -0.2) is 36.5 Å². The molecule has 2 rings (SSSR count). The van der Waals surface area contributed by atoms with Crippen molar-refractivity contribution in [3.05, 3.63) is 58.6 Å². The minimum absolute atomic E-state index is 0.0499. The van der Waals surface area contributed by atoms with Gasteiger partial charge in [-0.2, -0.15) is 0 Å². The van der Waals surface area contributed by atoms with Crippen molar-refractivity contribution in [1.29, 1.82) is 0 Å². The quantitative estimate of drug-likeness (QED) is 0.358. The Bertz CT molecular complexity index is 753. The van der Waals surface area contributed by atoms with Crippen LogP contribution in [0.4, 0.5) is 0 Å². The largest absolute Gasteiger partial charge is 0.465 e. The van der Waals surface area contributed by atoms with Crippen molar-refractivity contribution >= 4 is 51.3 Å². The summed E-state index contributed by atoms with van der Waals surface area (Å²) in [5.74, 6) is 0.349. The van der Waals surface area contributed by atoms with Gasteiger partial charge in [0, 0.05) is 26.6 Å². The molecule has 0 bridgehead atoms. The molecule has 0 unspecified atom stereocenters. The molecule has 0 spiro atoms. The Kier molecular flexibility index (Phi) is 8.54. The molecular formula is C19H20BrNO3S2. The predicted octanol–water partition coefficient (Wildman–Crippen LogP) is 4.62. The van der Waals surface area contributed by atoms with Gasteiger partial charge in [-0.15, -0.1) is 23.5 Å². The van der Waals surface area contributed by atoms with Crippen LogP contribution in [0.3, 0.4) is 0 Å². The summed E-state index contributed by atoms with van der Waals surface area (Å²) in [6.45, 7) is 2.42. The molecular weight excluding hydrogens is 434 g/mol. The fraction of sp³-hybridized carbons (Fsp3) is 0.263. The number of benzene rings is 2. The zero-order chi connectivity index (χ0) is 18.9. The molecule has 0 heterocycles. The second-order valence-corrected chi connectivity index (χ2v) is 8.81. The summed E-state index contributed by atoms with van der Waals surface area (Å²) in [4.78, 5) is 26.0. The molecule has 0 fully saturated rings. The Balaban J connectivity index is 1.81. The molecule has 1 atom stereocenters. The lowest BCUT2D eigenvalue weighted by atomic mass is 10.2. The van der Waals surface area contributed by atoms with E-state index in [1.807, 2.05) is 43.3 Å². The summed E-state index contributed by atoms with van der Waals surface area (Å²) in [7, 11) is 1.35. The van der Waals surface area contributed by atoms with Crippen LogP contribution in [0.15, 0.2) is 62.8 Å². The normalized spacial score (nSPS) is 11.7. The lowest BCUT2D eigenvalue weighted by molar-refractivity contribution is -0.120. The molecule has 0 radical (unpaired) electrons. The highest BCUT2D eigenvalue weighted by Crippen LogP contribution is 2.27. The third-order valence-corrected chi connectivity index (χ3v) is 6.17. The molecule has 0 aromatic heterocycles. The molecule has 0 saturated heterocycles. The Labute approximate surface area is 170 Å². The molecule has 0 aliphatic carbocycles. The number of rotatable bonds is 8. The highest BCUT2D eigenvalue weighted by atomic mass is 79.9. The Morgan fingerprint density at radius 3 is 2.54 bits per heavy atom. The van der Waals surface area contributed by atoms with E-state index in [1.165, 1.54) is 18.9 Å². The lowest BCUT2D eigenvalue weighted by Gasteiger charge is -2.14. The molecule has 0 aliphatic heterocycles. The van der Waals surface area contributed by atoms with Gasteiger partial charge in [0.15, 0.2) is 0 Å². The van der Waals surface area contributed by atoms with Crippen LogP contribution in [0.5, 0.6) is 0 Å². The van der Waals surface area contributed by atoms with Crippen LogP contribution in [0.25, 0.3) is 0 Å². The average Bonchev–Trinajstić information content (AvgIpc) is 2.66. The molecule has 1 amide bonds. The molecule has 4 nitrogen and oxygen atoms in total. The molecule has 2 aromatic carbocycles. The maximum absolute atomic E-state index is 12.3. The molecule has 0 aliphatic rings. The van der Waals surface area contributed by atoms with E-state index in [-0.39, 0.29) is 11.2 Å². The van der Waals surface area contributed by atoms with Crippen molar-refractivity contribution in [2.45, 2.75) is 22.0 Å². The van der Waals surface area contributed by atoms with E-state index >= 15 is 0 Å². The zero-order valence-corrected chi connectivity index (χ0v) is 17.7. The van der Waals surface area contributed by atoms with Crippen LogP contribution in [-0.2, 0) is 9.53 Å². The number of nitrogens with one attached hydrogen (secondary N) is 1. The van der Waals surface area contributed by atoms with Crippen LogP contribution >= 0.6 is 39.5 Å². The fourth-order valence-corrected chi connectivity index (χ4v) is 4.15. The first-order chi connectivity index (χ1) is 12.5. The third kappa shape index (κ3) is 6.37. The first-order valence-electron chi connectivity index (χ1n) is 8.01. The summed E-state index contributed by atoms with van der Waals surface area (Å²) >= 11 is 6.46. The van der Waals surface area contributed by atoms with Gasteiger partial charge in [-0.25, -0.2) is 4.79 Å². The number of methoxy groups -OCH3 is 1. The Morgan fingerprint density at radius 2 is 1.85 bits per heavy atom. The van der Waals surface area contributed by atoms with Crippen molar-refractivity contribution in [2.24, 2.45) is 0 Å². The standard InChI is InChI=1S/C19H20BrNO3S2/c1-13(26-17-6-4-3-5-16(17)19(23)24-2)18(22)21-11-12-25-15-9-7-14(20)8-10-15/h3-10,13H,11-12H2,1-2H3,(H,21,22)/t13-/m1/s1. The highest BCUT2D eigenvalue weighted by molar-refractivity contribution is 9.10. The third-order valence-electron chi connectivity index (χ3n) is 3.45. The van der Waals surface area contributed by atoms with Gasteiger partial charge in [-0.3, -0.25) is 4.79 Å². The number of halogens is 1. The van der Waals surface area contributed by atoms with E-state index in [1.54, 1.807) is 23.9 Å². The fourth-order valence-electron chi connectivity index (χ4n) is 2.11. The van der Waals surface area contributed by atoms with Crippen molar-refractivity contribution in [3.8, 4) is 0 Å². The average molecular weight is 454 g/mol. The lowest BCUT2D eigenvalue weighted by Crippen LogP contribution is -2.32. The summed E-state index contributed by atoms with van der Waals surface area (Å²) in [6, 6.07) is 15.2. The summed E-state index contributed by atoms with van der Waals surface area (Å²) in [5.41, 5.74) is 0.477. The van der Waals surface area contributed by atoms with Gasteiger partial charge in [0.25, 0.3) is 0 Å². The SMILES string of the molecule is COC(=O)c1ccccc1S[C@H](C)C(=O)NCCSc1ccc(Br)cc1. The molecule has 7 heteroatoms. The molecule has 2 aromatic rings. The van der Waals surface area contributed by atoms with Crippen LogP contribution in [0, 0.1) is 0 Å². The first-order valence-corrected chi connectivity index (χ1v) is 10.7. The van der Waals surface area contributed by atoms with Gasteiger partial charge in [0.05, 0.1) is 17.9 Å². The van der Waals surface area contributed by atoms with Crippen LogP contribution in [0.1, 0.15) is 17.3 Å². The number of carbonyl (C=O) groups excluding carboxylic acids is 2. The second-order valence-electron chi connectivity index (χ2n) is 5.34. The number of carbonyl (C=O) groups is 2. The van der Waals surface area contributed by atoms with Gasteiger partial charge < -0.3 is 10.1 Å². The Hall–Kier alpha value is -1.44. The van der Waals surface area contributed by atoms with E-state index in [4.69, 9.17) is 4.74 Å². The second kappa shape index (κ2) is 10.6. The predicted molar refractivity (Wildman–Crippen MR) is 111 cm³/mol. The van der Waals surface area contributed by atoms with Crippen molar-refractivity contribution < 1.29 is 14.3 Å². The van der Waals surface area contributed by atoms with Crippen molar-refractivity contribution in [3.63, 3.8) is 0 Å². The van der Waals surface area contributed by atoms with Gasteiger partial charge in [-0.05, 0) is 43.3 Å². The molecule has 138 valence electrons. The maximum Gasteiger partial charge on any atom is 0.338 e. The number of esters is 1. The maximum atomic E-state index is 12.3. The number of hydrogen-bond acceptors (Lipinski definition) is 5. The monoisotopic (exact) mass is 453 g/mol. The minimum Gasteiger partial charge on any atom is -0.465 e. The first kappa shape index (κ1) is 20.9. The van der Waals surface area contributed by atoms with Crippen LogP contribution < -0.4 is 5.32 Å². The molecule has 1 N–H and O–H groups in total. The van der Waals surface area contributed by atoms with E-state index in [0.29, 0.717) is 12.1 Å². The van der Waals surface area contributed by atoms with E-state index in [0.717, 1.165) is 20.0 Å². The van der Waals surface area contributed by atoms with E-state index in [2.05, 4.69) is 21.2 Å². The minimum atomic E-state index is -0.397. The zero-order valence-electron chi connectivity index (χ0n) is 14.5. The number of ether oxygens (including phenoxy) is 1. The summed E-state index contributed by atoms with van der Waals surface area (Å²) in [6.07, 6.45) is 0. The van der Waals surface area contributed by atoms with Gasteiger partial charge in [0.1, 0.15) is 0 Å². The van der Waals surface area contributed by atoms with Crippen molar-refractivity contribution in [2.75, 3.05) is 19.4 Å². The van der Waals surface area contributed by atoms with E-state index in [9.17, 15) is 9.59 Å². The topological polar surface area (TPSA) is 55.4 Å². The van der Waals surface area contributed by atoms with Gasteiger partial charge in [0.2, 0.25) is 5.91 Å². The molecule has 26 heavy (non-hydrogen) atoms. The number of hydrogen-bond donors (Lipinski definition) is 1. The van der Waals surface area contributed by atoms with Crippen LogP contribution in [0.2, 0.25) is 0 Å². The van der Waals surface area contributed by atoms with Crippen molar-refractivity contribution in [1.82, 2.24) is 5.32 Å². The Morgan fingerprint density at radius 1 is 1.15 bits per heavy atom. The van der Waals surface area contributed by atoms with E-state index < -0.39 is 5.97 Å².